The molecule has 0 aromatic rings. The first-order chi connectivity index (χ1) is 8.04. The second-order valence-corrected chi connectivity index (χ2v) is 5.25. The summed E-state index contributed by atoms with van der Waals surface area (Å²) in [6, 6.07) is 0.625. The van der Waals surface area contributed by atoms with Crippen LogP contribution >= 0.6 is 0 Å². The highest BCUT2D eigenvalue weighted by atomic mass is 19.4. The van der Waals surface area contributed by atoms with Crippen LogP contribution in [0, 0.1) is 5.92 Å². The predicted molar refractivity (Wildman–Crippen MR) is 60.9 cm³/mol. The normalized spacial score (nSPS) is 28.8. The molecule has 2 aliphatic rings. The Kier molecular flexibility index (Phi) is 4.31. The lowest BCUT2D eigenvalue weighted by Gasteiger charge is -2.35. The molecule has 0 radical (unpaired) electrons. The van der Waals surface area contributed by atoms with Crippen molar-refractivity contribution >= 4 is 0 Å². The number of piperidine rings is 1. The molecule has 0 bridgehead atoms. The van der Waals surface area contributed by atoms with Gasteiger partial charge in [-0.25, -0.2) is 0 Å². The molecular weight excluding hydrogens is 229 g/mol. The molecule has 2 heterocycles. The topological polar surface area (TPSA) is 15.3 Å². The van der Waals surface area contributed by atoms with Gasteiger partial charge in [-0.3, -0.25) is 0 Å². The molecule has 1 N–H and O–H groups in total. The van der Waals surface area contributed by atoms with Crippen LogP contribution in [-0.2, 0) is 0 Å². The van der Waals surface area contributed by atoms with Crippen LogP contribution in [0.15, 0.2) is 0 Å². The molecule has 0 aliphatic carbocycles. The van der Waals surface area contributed by atoms with Gasteiger partial charge in [0.1, 0.15) is 0 Å². The van der Waals surface area contributed by atoms with Crippen molar-refractivity contribution < 1.29 is 13.2 Å². The molecule has 5 heteroatoms. The summed E-state index contributed by atoms with van der Waals surface area (Å²) < 4.78 is 36.3. The fourth-order valence-electron chi connectivity index (χ4n) is 2.98. The molecule has 2 aliphatic heterocycles. The Bertz CT molecular complexity index is 228. The lowest BCUT2D eigenvalue weighted by atomic mass is 9.88. The average molecular weight is 250 g/mol. The van der Waals surface area contributed by atoms with Gasteiger partial charge in [0.25, 0.3) is 0 Å². The SMILES string of the molecule is FC(F)(F)CCN1CCC(C2CCCN2)CC1. The van der Waals surface area contributed by atoms with Gasteiger partial charge in [-0.05, 0) is 51.2 Å². The molecular formula is C12H21F3N2. The van der Waals surface area contributed by atoms with E-state index >= 15 is 0 Å². The summed E-state index contributed by atoms with van der Waals surface area (Å²) in [5.41, 5.74) is 0. The van der Waals surface area contributed by atoms with E-state index in [4.69, 9.17) is 0 Å². The molecule has 2 nitrogen and oxygen atoms in total. The van der Waals surface area contributed by atoms with E-state index in [0.29, 0.717) is 12.0 Å². The molecule has 0 saturated carbocycles. The van der Waals surface area contributed by atoms with Gasteiger partial charge in [-0.15, -0.1) is 0 Å². The Hall–Kier alpha value is -0.290. The molecule has 0 aromatic carbocycles. The maximum atomic E-state index is 12.1. The first kappa shape index (κ1) is 13.1. The minimum absolute atomic E-state index is 0.175. The Balaban J connectivity index is 1.67. The minimum atomic E-state index is -4.01. The zero-order valence-electron chi connectivity index (χ0n) is 10.1. The monoisotopic (exact) mass is 250 g/mol. The highest BCUT2D eigenvalue weighted by Crippen LogP contribution is 2.27. The van der Waals surface area contributed by atoms with E-state index in [-0.39, 0.29) is 6.54 Å². The summed E-state index contributed by atoms with van der Waals surface area (Å²) in [5.74, 6) is 0.680. The smallest absolute Gasteiger partial charge is 0.314 e. The van der Waals surface area contributed by atoms with Crippen molar-refractivity contribution in [3.05, 3.63) is 0 Å². The maximum Gasteiger partial charge on any atom is 0.390 e. The van der Waals surface area contributed by atoms with E-state index in [1.54, 1.807) is 0 Å². The summed E-state index contributed by atoms with van der Waals surface area (Å²) in [5, 5.41) is 3.50. The van der Waals surface area contributed by atoms with Crippen molar-refractivity contribution in [2.45, 2.75) is 44.3 Å². The summed E-state index contributed by atoms with van der Waals surface area (Å²) >= 11 is 0. The van der Waals surface area contributed by atoms with E-state index in [9.17, 15) is 13.2 Å². The predicted octanol–water partition coefficient (Wildman–Crippen LogP) is 2.40. The molecule has 1 atom stereocenters. The Morgan fingerprint density at radius 1 is 1.12 bits per heavy atom. The van der Waals surface area contributed by atoms with Gasteiger partial charge in [0, 0.05) is 12.6 Å². The van der Waals surface area contributed by atoms with Crippen LogP contribution in [0.25, 0.3) is 0 Å². The largest absolute Gasteiger partial charge is 0.390 e. The van der Waals surface area contributed by atoms with Crippen LogP contribution in [0.3, 0.4) is 0 Å². The van der Waals surface area contributed by atoms with Gasteiger partial charge >= 0.3 is 6.18 Å². The summed E-state index contributed by atoms with van der Waals surface area (Å²) in [4.78, 5) is 1.96. The van der Waals surface area contributed by atoms with Gasteiger partial charge in [0.15, 0.2) is 0 Å². The third-order valence-electron chi connectivity index (χ3n) is 4.01. The van der Waals surface area contributed by atoms with Gasteiger partial charge in [-0.2, -0.15) is 13.2 Å². The molecule has 1 unspecified atom stereocenters. The van der Waals surface area contributed by atoms with Gasteiger partial charge < -0.3 is 10.2 Å². The van der Waals surface area contributed by atoms with E-state index in [1.165, 1.54) is 12.8 Å². The van der Waals surface area contributed by atoms with Crippen LogP contribution < -0.4 is 5.32 Å². The van der Waals surface area contributed by atoms with Crippen LogP contribution in [0.1, 0.15) is 32.1 Å². The first-order valence-corrected chi connectivity index (χ1v) is 6.57. The van der Waals surface area contributed by atoms with E-state index in [1.807, 2.05) is 4.90 Å². The van der Waals surface area contributed by atoms with Crippen molar-refractivity contribution in [3.8, 4) is 0 Å². The molecule has 0 aromatic heterocycles. The maximum absolute atomic E-state index is 12.1. The van der Waals surface area contributed by atoms with Crippen molar-refractivity contribution in [2.24, 2.45) is 5.92 Å². The van der Waals surface area contributed by atoms with E-state index in [2.05, 4.69) is 5.32 Å². The number of likely N-dealkylation sites (tertiary alicyclic amines) is 1. The van der Waals surface area contributed by atoms with E-state index in [0.717, 1.165) is 32.5 Å². The standard InChI is InChI=1S/C12H21F3N2/c13-12(14,15)5-9-17-7-3-10(4-8-17)11-2-1-6-16-11/h10-11,16H,1-9H2. The highest BCUT2D eigenvalue weighted by Gasteiger charge is 2.31. The molecule has 100 valence electrons. The third-order valence-corrected chi connectivity index (χ3v) is 4.01. The molecule has 2 fully saturated rings. The van der Waals surface area contributed by atoms with Crippen LogP contribution in [0.5, 0.6) is 0 Å². The van der Waals surface area contributed by atoms with Crippen molar-refractivity contribution in [2.75, 3.05) is 26.2 Å². The number of rotatable bonds is 3. The summed E-state index contributed by atoms with van der Waals surface area (Å²) in [6.45, 7) is 2.95. The fourth-order valence-corrected chi connectivity index (χ4v) is 2.98. The second kappa shape index (κ2) is 5.57. The lowest BCUT2D eigenvalue weighted by molar-refractivity contribution is -0.138. The number of halogens is 3. The number of alkyl halides is 3. The van der Waals surface area contributed by atoms with Gasteiger partial charge in [-0.1, -0.05) is 0 Å². The Morgan fingerprint density at radius 3 is 2.35 bits per heavy atom. The second-order valence-electron chi connectivity index (χ2n) is 5.25. The minimum Gasteiger partial charge on any atom is -0.314 e. The zero-order chi connectivity index (χ0) is 12.3. The number of hydrogen-bond acceptors (Lipinski definition) is 2. The highest BCUT2D eigenvalue weighted by molar-refractivity contribution is 4.85. The third kappa shape index (κ3) is 4.14. The van der Waals surface area contributed by atoms with Gasteiger partial charge in [0.05, 0.1) is 6.42 Å². The zero-order valence-corrected chi connectivity index (χ0v) is 10.1. The average Bonchev–Trinajstić information content (AvgIpc) is 2.79. The lowest BCUT2D eigenvalue weighted by Crippen LogP contribution is -2.41. The fraction of sp³-hybridized carbons (Fsp3) is 1.00. The Labute approximate surface area is 101 Å². The van der Waals surface area contributed by atoms with Crippen LogP contribution in [-0.4, -0.2) is 43.3 Å². The number of nitrogens with zero attached hydrogens (tertiary/aromatic N) is 1. The van der Waals surface area contributed by atoms with Crippen LogP contribution in [0.4, 0.5) is 13.2 Å². The first-order valence-electron chi connectivity index (χ1n) is 6.57. The quantitative estimate of drug-likeness (QED) is 0.827. The molecule has 0 amide bonds. The number of nitrogens with one attached hydrogen (secondary N) is 1. The molecule has 2 saturated heterocycles. The Morgan fingerprint density at radius 2 is 1.82 bits per heavy atom. The van der Waals surface area contributed by atoms with Crippen molar-refractivity contribution in [1.82, 2.24) is 10.2 Å². The molecule has 2 rings (SSSR count). The number of hydrogen-bond donors (Lipinski definition) is 1. The molecule has 0 spiro atoms. The van der Waals surface area contributed by atoms with E-state index < -0.39 is 12.6 Å². The van der Waals surface area contributed by atoms with Crippen molar-refractivity contribution in [1.29, 1.82) is 0 Å². The summed E-state index contributed by atoms with van der Waals surface area (Å²) in [7, 11) is 0. The van der Waals surface area contributed by atoms with Gasteiger partial charge in [0.2, 0.25) is 0 Å². The molecule has 17 heavy (non-hydrogen) atoms. The van der Waals surface area contributed by atoms with Crippen LogP contribution in [0.2, 0.25) is 0 Å². The van der Waals surface area contributed by atoms with Crippen molar-refractivity contribution in [3.63, 3.8) is 0 Å². The summed E-state index contributed by atoms with van der Waals surface area (Å²) in [6.07, 6.45) is -0.0829.